The Balaban J connectivity index is 1.59. The van der Waals surface area contributed by atoms with Gasteiger partial charge in [0, 0.05) is 10.6 Å². The molecule has 5 rings (SSSR count). The summed E-state index contributed by atoms with van der Waals surface area (Å²) in [6.45, 7) is 3.96. The van der Waals surface area contributed by atoms with E-state index in [9.17, 15) is 9.59 Å². The predicted molar refractivity (Wildman–Crippen MR) is 183 cm³/mol. The van der Waals surface area contributed by atoms with Crippen LogP contribution in [0.15, 0.2) is 80.1 Å². The van der Waals surface area contributed by atoms with E-state index in [-0.39, 0.29) is 18.8 Å². The van der Waals surface area contributed by atoms with Crippen LogP contribution in [0.3, 0.4) is 0 Å². The molecule has 3 aromatic carbocycles. The number of halogens is 3. The molecule has 4 aromatic rings. The summed E-state index contributed by atoms with van der Waals surface area (Å²) in [4.78, 5) is 32.4. The number of thiazole rings is 1. The predicted octanol–water partition coefficient (Wildman–Crippen LogP) is 6.42. The molecular formula is C32H27BrClIN2O6S. The number of rotatable bonds is 9. The second-order valence-corrected chi connectivity index (χ2v) is 13.0. The molecule has 1 atom stereocenters. The molecule has 0 saturated heterocycles. The van der Waals surface area contributed by atoms with Crippen molar-refractivity contribution in [2.24, 2.45) is 4.99 Å². The maximum atomic E-state index is 14.0. The first-order valence-corrected chi connectivity index (χ1v) is 16.5. The van der Waals surface area contributed by atoms with Crippen molar-refractivity contribution in [2.75, 3.05) is 20.8 Å². The minimum Gasteiger partial charge on any atom is -0.496 e. The average Bonchev–Trinajstić information content (AvgIpc) is 3.30. The van der Waals surface area contributed by atoms with Crippen LogP contribution in [-0.4, -0.2) is 31.4 Å². The number of hydrogen-bond acceptors (Lipinski definition) is 8. The topological polar surface area (TPSA) is 88.4 Å². The lowest BCUT2D eigenvalue weighted by molar-refractivity contribution is -0.139. The number of esters is 1. The van der Waals surface area contributed by atoms with E-state index in [0.29, 0.717) is 52.9 Å². The highest BCUT2D eigenvalue weighted by Crippen LogP contribution is 2.36. The molecule has 0 N–H and O–H groups in total. The van der Waals surface area contributed by atoms with E-state index in [2.05, 4.69) is 43.5 Å². The van der Waals surface area contributed by atoms with E-state index in [1.54, 1.807) is 44.8 Å². The van der Waals surface area contributed by atoms with Crippen LogP contribution in [0.1, 0.15) is 36.6 Å². The van der Waals surface area contributed by atoms with Crippen LogP contribution in [0.4, 0.5) is 0 Å². The molecule has 1 aliphatic rings. The number of fused-ring (bicyclic) bond motifs is 1. The van der Waals surface area contributed by atoms with Crippen LogP contribution >= 0.6 is 61.5 Å². The number of allylic oxidation sites excluding steroid dienone is 1. The Morgan fingerprint density at radius 2 is 1.89 bits per heavy atom. The van der Waals surface area contributed by atoms with E-state index >= 15 is 0 Å². The van der Waals surface area contributed by atoms with Crippen LogP contribution < -0.4 is 29.1 Å². The standard InChI is InChI=1S/C32H27BrClIN2O6S/c1-5-42-31(39)27-17(2)36-32-37(28(27)19-10-11-24(40-3)21(33)15-19)30(38)26(44-32)14-18-12-23(35)29(25(13-18)41-4)43-16-20-8-6-7-9-22(20)34/h6-15,28H,5,16H2,1-4H3/b26-14+/t28-/m1/s1. The first kappa shape index (κ1) is 32.3. The molecule has 0 spiro atoms. The number of ether oxygens (including phenoxy) is 4. The van der Waals surface area contributed by atoms with Gasteiger partial charge in [0.15, 0.2) is 16.3 Å². The molecule has 44 heavy (non-hydrogen) atoms. The van der Waals surface area contributed by atoms with Gasteiger partial charge in [-0.25, -0.2) is 9.79 Å². The number of hydrogen-bond donors (Lipinski definition) is 0. The lowest BCUT2D eigenvalue weighted by atomic mass is 9.96. The molecule has 2 heterocycles. The number of methoxy groups -OCH3 is 2. The summed E-state index contributed by atoms with van der Waals surface area (Å²) in [5.41, 5.74) is 2.82. The van der Waals surface area contributed by atoms with Gasteiger partial charge in [-0.15, -0.1) is 0 Å². The van der Waals surface area contributed by atoms with Crippen molar-refractivity contribution in [2.45, 2.75) is 26.5 Å². The summed E-state index contributed by atoms with van der Waals surface area (Å²) in [5, 5.41) is 0.620. The van der Waals surface area contributed by atoms with Crippen molar-refractivity contribution < 1.29 is 23.7 Å². The Labute approximate surface area is 284 Å². The minimum atomic E-state index is -0.745. The molecular weight excluding hydrogens is 783 g/mol. The molecule has 0 aliphatic carbocycles. The van der Waals surface area contributed by atoms with Gasteiger partial charge in [0.05, 0.1) is 50.7 Å². The summed E-state index contributed by atoms with van der Waals surface area (Å²) in [5.74, 6) is 1.20. The highest BCUT2D eigenvalue weighted by Gasteiger charge is 2.33. The van der Waals surface area contributed by atoms with Crippen molar-refractivity contribution in [3.8, 4) is 17.2 Å². The van der Waals surface area contributed by atoms with Gasteiger partial charge in [0.25, 0.3) is 5.56 Å². The minimum absolute atomic E-state index is 0.192. The zero-order chi connectivity index (χ0) is 31.5. The Bertz CT molecular complexity index is 1970. The summed E-state index contributed by atoms with van der Waals surface area (Å²) in [6.07, 6.45) is 1.79. The van der Waals surface area contributed by atoms with Gasteiger partial charge in [-0.05, 0) is 99.9 Å². The molecule has 0 radical (unpaired) electrons. The van der Waals surface area contributed by atoms with Crippen LogP contribution in [-0.2, 0) is 16.1 Å². The SMILES string of the molecule is CCOC(=O)C1=C(C)N=c2s/c(=C/c3cc(I)c(OCc4ccccc4Cl)c(OC)c3)c(=O)n2[C@@H]1c1ccc(OC)c(Br)c1. The van der Waals surface area contributed by atoms with E-state index in [1.807, 2.05) is 48.5 Å². The molecule has 0 fully saturated rings. The van der Waals surface area contributed by atoms with Gasteiger partial charge >= 0.3 is 5.97 Å². The zero-order valence-corrected chi connectivity index (χ0v) is 29.5. The Morgan fingerprint density at radius 1 is 1.14 bits per heavy atom. The number of aromatic nitrogens is 1. The third-order valence-electron chi connectivity index (χ3n) is 6.89. The van der Waals surface area contributed by atoms with Gasteiger partial charge in [-0.1, -0.05) is 47.2 Å². The number of carbonyl (C=O) groups is 1. The van der Waals surface area contributed by atoms with Crippen molar-refractivity contribution in [3.63, 3.8) is 0 Å². The Kier molecular flexibility index (Phi) is 10.2. The molecule has 1 aliphatic heterocycles. The second kappa shape index (κ2) is 13.9. The van der Waals surface area contributed by atoms with Gasteiger partial charge in [0.2, 0.25) is 0 Å². The van der Waals surface area contributed by atoms with Crippen molar-refractivity contribution in [1.29, 1.82) is 0 Å². The fraction of sp³-hybridized carbons (Fsp3) is 0.219. The van der Waals surface area contributed by atoms with E-state index in [4.69, 9.17) is 30.5 Å². The van der Waals surface area contributed by atoms with Gasteiger partial charge in [-0.2, -0.15) is 0 Å². The molecule has 8 nitrogen and oxygen atoms in total. The lowest BCUT2D eigenvalue weighted by Crippen LogP contribution is -2.40. The van der Waals surface area contributed by atoms with E-state index < -0.39 is 12.0 Å². The van der Waals surface area contributed by atoms with Gasteiger partial charge in [0.1, 0.15) is 12.4 Å². The monoisotopic (exact) mass is 808 g/mol. The fourth-order valence-electron chi connectivity index (χ4n) is 4.84. The third kappa shape index (κ3) is 6.46. The van der Waals surface area contributed by atoms with E-state index in [1.165, 1.54) is 11.3 Å². The van der Waals surface area contributed by atoms with Crippen LogP contribution in [0.25, 0.3) is 6.08 Å². The number of carbonyl (C=O) groups excluding carboxylic acids is 1. The molecule has 1 aromatic heterocycles. The Hall–Kier alpha value is -3.13. The average molecular weight is 810 g/mol. The molecule has 12 heteroatoms. The maximum absolute atomic E-state index is 14.0. The second-order valence-electron chi connectivity index (χ2n) is 9.61. The van der Waals surface area contributed by atoms with Crippen LogP contribution in [0.5, 0.6) is 17.2 Å². The highest BCUT2D eigenvalue weighted by atomic mass is 127. The number of nitrogens with zero attached hydrogens (tertiary/aromatic N) is 2. The summed E-state index contributed by atoms with van der Waals surface area (Å²) < 4.78 is 26.0. The molecule has 0 unspecified atom stereocenters. The van der Waals surface area contributed by atoms with Gasteiger partial charge < -0.3 is 18.9 Å². The fourth-order valence-corrected chi connectivity index (χ4v) is 7.42. The van der Waals surface area contributed by atoms with E-state index in [0.717, 1.165) is 14.7 Å². The number of benzene rings is 3. The first-order valence-electron chi connectivity index (χ1n) is 13.4. The summed E-state index contributed by atoms with van der Waals surface area (Å²) in [7, 11) is 3.14. The first-order chi connectivity index (χ1) is 21.2. The zero-order valence-electron chi connectivity index (χ0n) is 24.2. The summed E-state index contributed by atoms with van der Waals surface area (Å²) >= 11 is 13.3. The third-order valence-corrected chi connectivity index (χ3v) is 9.66. The molecule has 0 bridgehead atoms. The van der Waals surface area contributed by atoms with Crippen molar-refractivity contribution in [1.82, 2.24) is 4.57 Å². The quantitative estimate of drug-likeness (QED) is 0.144. The Morgan fingerprint density at radius 3 is 2.57 bits per heavy atom. The van der Waals surface area contributed by atoms with Gasteiger partial charge in [-0.3, -0.25) is 9.36 Å². The highest BCUT2D eigenvalue weighted by molar-refractivity contribution is 14.1. The van der Waals surface area contributed by atoms with Crippen LogP contribution in [0.2, 0.25) is 5.02 Å². The van der Waals surface area contributed by atoms with Crippen molar-refractivity contribution >= 4 is 73.5 Å². The normalized spacial score (nSPS) is 14.6. The summed E-state index contributed by atoms with van der Waals surface area (Å²) in [6, 6.07) is 15.9. The molecule has 0 saturated carbocycles. The van der Waals surface area contributed by atoms with Crippen LogP contribution in [0, 0.1) is 3.57 Å². The maximum Gasteiger partial charge on any atom is 0.338 e. The molecule has 0 amide bonds. The smallest absolute Gasteiger partial charge is 0.338 e. The molecule has 228 valence electrons. The van der Waals surface area contributed by atoms with Crippen molar-refractivity contribution in [3.05, 3.63) is 115 Å². The largest absolute Gasteiger partial charge is 0.496 e. The lowest BCUT2D eigenvalue weighted by Gasteiger charge is -2.25.